The van der Waals surface area contributed by atoms with Crippen molar-refractivity contribution in [1.82, 2.24) is 10.6 Å². The van der Waals surface area contributed by atoms with Crippen molar-refractivity contribution < 1.29 is 23.5 Å². The minimum Gasteiger partial charge on any atom is -0.453 e. The molecule has 6 nitrogen and oxygen atoms in total. The van der Waals surface area contributed by atoms with Crippen molar-refractivity contribution in [3.8, 4) is 0 Å². The average molecular weight is 318 g/mol. The lowest BCUT2D eigenvalue weighted by molar-refractivity contribution is 0.0642. The molecule has 2 amide bonds. The van der Waals surface area contributed by atoms with Gasteiger partial charge in [0.1, 0.15) is 13.3 Å². The molecule has 0 saturated heterocycles. The van der Waals surface area contributed by atoms with Crippen molar-refractivity contribution in [2.75, 3.05) is 26.9 Å². The van der Waals surface area contributed by atoms with Gasteiger partial charge in [-0.2, -0.15) is 0 Å². The third-order valence-corrected chi connectivity index (χ3v) is 3.92. The number of alkyl halides is 1. The van der Waals surface area contributed by atoms with E-state index in [9.17, 15) is 14.0 Å². The van der Waals surface area contributed by atoms with Crippen LogP contribution >= 0.6 is 0 Å². The Bertz CT molecular complexity index is 403. The van der Waals surface area contributed by atoms with E-state index in [0.29, 0.717) is 6.54 Å². The predicted molar refractivity (Wildman–Crippen MR) is 80.4 cm³/mol. The number of ether oxygens (including phenoxy) is 2. The van der Waals surface area contributed by atoms with E-state index in [1.54, 1.807) is 0 Å². The molecular formula is C15H27FN2O4. The quantitative estimate of drug-likeness (QED) is 0.817. The molecule has 1 rings (SSSR count). The number of rotatable bonds is 5. The summed E-state index contributed by atoms with van der Waals surface area (Å²) in [6.45, 7) is 5.83. The second-order valence-electron chi connectivity index (χ2n) is 7.07. The summed E-state index contributed by atoms with van der Waals surface area (Å²) in [4.78, 5) is 22.9. The van der Waals surface area contributed by atoms with Gasteiger partial charge in [-0.25, -0.2) is 14.0 Å². The van der Waals surface area contributed by atoms with E-state index in [0.717, 1.165) is 19.3 Å². The molecule has 7 heteroatoms. The zero-order valence-electron chi connectivity index (χ0n) is 13.8. The summed E-state index contributed by atoms with van der Waals surface area (Å²) in [6.07, 6.45) is 1.43. The van der Waals surface area contributed by atoms with Crippen molar-refractivity contribution in [2.24, 2.45) is 10.8 Å². The number of methoxy groups -OCH3 is 1. The fourth-order valence-electron chi connectivity index (χ4n) is 3.56. The van der Waals surface area contributed by atoms with Crippen LogP contribution in [0, 0.1) is 10.8 Å². The lowest BCUT2D eigenvalue weighted by Gasteiger charge is -2.46. The number of carbonyl (C=O) groups is 2. The van der Waals surface area contributed by atoms with Crippen LogP contribution in [-0.4, -0.2) is 45.2 Å². The molecule has 128 valence electrons. The first-order valence-corrected chi connectivity index (χ1v) is 7.51. The highest BCUT2D eigenvalue weighted by Crippen LogP contribution is 2.45. The number of hydrogen-bond acceptors (Lipinski definition) is 4. The highest BCUT2D eigenvalue weighted by molar-refractivity contribution is 5.67. The standard InChI is InChI=1S/C15H27FN2O4/c1-14(2)7-11(18-13(20)21-4)8-15(3,9-14)10-17-12(19)22-6-5-16/h11H,5-10H2,1-4H3,(H,17,19)(H,18,20). The summed E-state index contributed by atoms with van der Waals surface area (Å²) in [5, 5.41) is 5.53. The van der Waals surface area contributed by atoms with E-state index in [4.69, 9.17) is 0 Å². The van der Waals surface area contributed by atoms with E-state index < -0.39 is 18.9 Å². The lowest BCUT2D eigenvalue weighted by atomic mass is 9.62. The van der Waals surface area contributed by atoms with Crippen LogP contribution in [0.4, 0.5) is 14.0 Å². The van der Waals surface area contributed by atoms with Crippen LogP contribution in [0.1, 0.15) is 40.0 Å². The van der Waals surface area contributed by atoms with E-state index in [-0.39, 0.29) is 23.5 Å². The number of carbonyl (C=O) groups excluding carboxylic acids is 2. The van der Waals surface area contributed by atoms with Crippen LogP contribution in [0.3, 0.4) is 0 Å². The van der Waals surface area contributed by atoms with Gasteiger partial charge < -0.3 is 20.1 Å². The maximum absolute atomic E-state index is 12.0. The van der Waals surface area contributed by atoms with Gasteiger partial charge >= 0.3 is 12.2 Å². The second-order valence-corrected chi connectivity index (χ2v) is 7.07. The second kappa shape index (κ2) is 7.65. The topological polar surface area (TPSA) is 76.7 Å². The van der Waals surface area contributed by atoms with E-state index in [1.807, 2.05) is 0 Å². The molecule has 1 fully saturated rings. The maximum atomic E-state index is 12.0. The monoisotopic (exact) mass is 318 g/mol. The highest BCUT2D eigenvalue weighted by atomic mass is 19.1. The van der Waals surface area contributed by atoms with Crippen molar-refractivity contribution in [3.05, 3.63) is 0 Å². The maximum Gasteiger partial charge on any atom is 0.407 e. The Morgan fingerprint density at radius 1 is 1.23 bits per heavy atom. The van der Waals surface area contributed by atoms with Crippen LogP contribution in [0.2, 0.25) is 0 Å². The van der Waals surface area contributed by atoms with Crippen LogP contribution in [-0.2, 0) is 9.47 Å². The first kappa shape index (κ1) is 18.5. The van der Waals surface area contributed by atoms with Gasteiger partial charge in [0.05, 0.1) is 7.11 Å². The smallest absolute Gasteiger partial charge is 0.407 e. The van der Waals surface area contributed by atoms with Crippen LogP contribution in [0.15, 0.2) is 0 Å². The van der Waals surface area contributed by atoms with Crippen LogP contribution < -0.4 is 10.6 Å². The van der Waals surface area contributed by atoms with Gasteiger partial charge in [0.15, 0.2) is 0 Å². The Kier molecular flexibility index (Phi) is 6.44. The average Bonchev–Trinajstić information content (AvgIpc) is 2.40. The molecule has 2 unspecified atom stereocenters. The summed E-state index contributed by atoms with van der Waals surface area (Å²) in [5.41, 5.74) is -0.147. The molecule has 0 aromatic heterocycles. The zero-order chi connectivity index (χ0) is 16.8. The molecule has 22 heavy (non-hydrogen) atoms. The highest BCUT2D eigenvalue weighted by Gasteiger charge is 2.42. The Morgan fingerprint density at radius 2 is 1.91 bits per heavy atom. The summed E-state index contributed by atoms with van der Waals surface area (Å²) in [7, 11) is 1.34. The minimum absolute atomic E-state index is 0.00939. The first-order valence-electron chi connectivity index (χ1n) is 7.51. The van der Waals surface area contributed by atoms with Crippen LogP contribution in [0.5, 0.6) is 0 Å². The predicted octanol–water partition coefficient (Wildman–Crippen LogP) is 2.62. The lowest BCUT2D eigenvalue weighted by Crippen LogP contribution is -2.50. The molecule has 0 bridgehead atoms. The Hall–Kier alpha value is -1.53. The Morgan fingerprint density at radius 3 is 2.50 bits per heavy atom. The van der Waals surface area contributed by atoms with Crippen molar-refractivity contribution in [2.45, 2.75) is 46.1 Å². The first-order chi connectivity index (χ1) is 10.2. The number of nitrogens with one attached hydrogen (secondary N) is 2. The molecule has 0 radical (unpaired) electrons. The normalized spacial score (nSPS) is 26.9. The van der Waals surface area contributed by atoms with Crippen molar-refractivity contribution >= 4 is 12.2 Å². The molecular weight excluding hydrogens is 291 g/mol. The van der Waals surface area contributed by atoms with Gasteiger partial charge in [-0.05, 0) is 30.1 Å². The van der Waals surface area contributed by atoms with Crippen molar-refractivity contribution in [3.63, 3.8) is 0 Å². The molecule has 0 aromatic carbocycles. The fourth-order valence-corrected chi connectivity index (χ4v) is 3.56. The molecule has 0 heterocycles. The summed E-state index contributed by atoms with van der Waals surface area (Å²) in [6, 6.07) is -0.00939. The zero-order valence-corrected chi connectivity index (χ0v) is 13.8. The Balaban J connectivity index is 2.61. The minimum atomic E-state index is -0.692. The summed E-state index contributed by atoms with van der Waals surface area (Å²) in [5.74, 6) is 0. The van der Waals surface area contributed by atoms with Gasteiger partial charge in [-0.15, -0.1) is 0 Å². The Labute approximate surface area is 131 Å². The molecule has 0 spiro atoms. The molecule has 0 aliphatic heterocycles. The van der Waals surface area contributed by atoms with E-state index in [1.165, 1.54) is 7.11 Å². The van der Waals surface area contributed by atoms with E-state index >= 15 is 0 Å². The van der Waals surface area contributed by atoms with Gasteiger partial charge in [0.2, 0.25) is 0 Å². The van der Waals surface area contributed by atoms with Gasteiger partial charge in [0.25, 0.3) is 0 Å². The van der Waals surface area contributed by atoms with Crippen LogP contribution in [0.25, 0.3) is 0 Å². The van der Waals surface area contributed by atoms with Crippen molar-refractivity contribution in [1.29, 1.82) is 0 Å². The number of alkyl carbamates (subject to hydrolysis) is 2. The summed E-state index contributed by atoms with van der Waals surface area (Å²) >= 11 is 0. The molecule has 2 atom stereocenters. The largest absolute Gasteiger partial charge is 0.453 e. The third kappa shape index (κ3) is 6.07. The number of halogens is 1. The summed E-state index contributed by atoms with van der Waals surface area (Å²) < 4.78 is 21.3. The third-order valence-electron chi connectivity index (χ3n) is 3.92. The molecule has 2 N–H and O–H groups in total. The SMILES string of the molecule is COC(=O)NC1CC(C)(C)CC(C)(CNC(=O)OCCF)C1. The number of hydrogen-bond donors (Lipinski definition) is 2. The number of amides is 2. The molecule has 1 saturated carbocycles. The molecule has 0 aromatic rings. The van der Waals surface area contributed by atoms with E-state index in [2.05, 4.69) is 40.9 Å². The van der Waals surface area contributed by atoms with Gasteiger partial charge in [-0.1, -0.05) is 20.8 Å². The molecule has 1 aliphatic carbocycles. The fraction of sp³-hybridized carbons (Fsp3) is 0.867. The van der Waals surface area contributed by atoms with Gasteiger partial charge in [0, 0.05) is 12.6 Å². The van der Waals surface area contributed by atoms with Gasteiger partial charge in [-0.3, -0.25) is 0 Å². The molecule has 1 aliphatic rings.